The van der Waals surface area contributed by atoms with E-state index in [2.05, 4.69) is 27.5 Å². The molecule has 1 aliphatic rings. The maximum Gasteiger partial charge on any atom is 0.407 e. The molecule has 0 radical (unpaired) electrons. The average molecular weight is 473 g/mol. The molecule has 2 aromatic rings. The number of thioether (sulfide) groups is 1. The molecule has 0 aliphatic carbocycles. The molecule has 1 amide bonds. The van der Waals surface area contributed by atoms with E-state index < -0.39 is 36.7 Å². The van der Waals surface area contributed by atoms with Crippen molar-refractivity contribution in [2.45, 2.75) is 49.9 Å². The van der Waals surface area contributed by atoms with Crippen LogP contribution < -0.4 is 5.32 Å². The molecule has 0 aromatic heterocycles. The number of nitrogens with one attached hydrogen (secondary N) is 1. The zero-order valence-electron chi connectivity index (χ0n) is 18.3. The smallest absolute Gasteiger partial charge is 0.407 e. The largest absolute Gasteiger partial charge is 0.445 e. The second-order valence-corrected chi connectivity index (χ2v) is 8.64. The molecular formula is C23H28N4O5S. The van der Waals surface area contributed by atoms with Gasteiger partial charge in [0.15, 0.2) is 6.29 Å². The van der Waals surface area contributed by atoms with Crippen LogP contribution >= 0.6 is 11.8 Å². The van der Waals surface area contributed by atoms with E-state index in [0.29, 0.717) is 12.4 Å². The summed E-state index contributed by atoms with van der Waals surface area (Å²) in [4.78, 5) is 15.1. The number of hydrogen-bond acceptors (Lipinski definition) is 7. The summed E-state index contributed by atoms with van der Waals surface area (Å²) < 4.78 is 16.8. The standard InChI is InChI=1S/C23H28N4O5S/c1-16-19(25-23(29)31-14-17-8-4-2-5-9-17)21(28)20(26-27-24)22(32-16)30-12-13-33-15-18-10-6-3-7-11-18/h2-11,16,19-22,28H,12-15H2,1H3,(H,25,29)/t16?,19-,20?,21-,22-/m0/s1. The molecule has 9 nitrogen and oxygen atoms in total. The van der Waals surface area contributed by atoms with Crippen molar-refractivity contribution in [3.8, 4) is 0 Å². The van der Waals surface area contributed by atoms with Crippen molar-refractivity contribution in [3.63, 3.8) is 0 Å². The van der Waals surface area contributed by atoms with Gasteiger partial charge in [0.25, 0.3) is 0 Å². The van der Waals surface area contributed by atoms with Crippen LogP contribution in [0.4, 0.5) is 4.79 Å². The van der Waals surface area contributed by atoms with Crippen LogP contribution in [0.2, 0.25) is 0 Å². The molecule has 2 aromatic carbocycles. The molecule has 3 rings (SSSR count). The first-order valence-corrected chi connectivity index (χ1v) is 11.8. The Morgan fingerprint density at radius 1 is 1.18 bits per heavy atom. The SMILES string of the molecule is CC1O[C@H](OCCSCc2ccccc2)C(N=[N+]=[N-])[C@@H](O)[C@H]1NC(=O)OCc1ccccc1. The van der Waals surface area contributed by atoms with Crippen LogP contribution in [0.15, 0.2) is 65.8 Å². The summed E-state index contributed by atoms with van der Waals surface area (Å²) in [6.07, 6.45) is -3.40. The van der Waals surface area contributed by atoms with Crippen LogP contribution in [0.5, 0.6) is 0 Å². The van der Waals surface area contributed by atoms with E-state index in [1.54, 1.807) is 18.7 Å². The van der Waals surface area contributed by atoms with Gasteiger partial charge in [-0.3, -0.25) is 0 Å². The van der Waals surface area contributed by atoms with Crippen LogP contribution in [0.25, 0.3) is 10.4 Å². The summed E-state index contributed by atoms with van der Waals surface area (Å²) in [5, 5.41) is 17.1. The van der Waals surface area contributed by atoms with Crippen molar-refractivity contribution in [2.24, 2.45) is 5.11 Å². The number of benzene rings is 2. The molecule has 2 unspecified atom stereocenters. The zero-order valence-corrected chi connectivity index (χ0v) is 19.1. The van der Waals surface area contributed by atoms with Gasteiger partial charge in [-0.2, -0.15) is 11.8 Å². The Hall–Kier alpha value is -2.75. The van der Waals surface area contributed by atoms with Gasteiger partial charge in [-0.15, -0.1) is 0 Å². The number of carbonyl (C=O) groups excluding carboxylic acids is 1. The fraction of sp³-hybridized carbons (Fsp3) is 0.435. The predicted molar refractivity (Wildman–Crippen MR) is 125 cm³/mol. The second kappa shape index (κ2) is 13.1. The van der Waals surface area contributed by atoms with Crippen LogP contribution in [0.3, 0.4) is 0 Å². The molecule has 176 valence electrons. The summed E-state index contributed by atoms with van der Waals surface area (Å²) in [5.74, 6) is 1.56. The predicted octanol–water partition coefficient (Wildman–Crippen LogP) is 4.02. The molecular weight excluding hydrogens is 444 g/mol. The third kappa shape index (κ3) is 7.66. The number of ether oxygens (including phenoxy) is 3. The highest BCUT2D eigenvalue weighted by molar-refractivity contribution is 7.98. The maximum atomic E-state index is 12.2. The number of alkyl carbamates (subject to hydrolysis) is 1. The van der Waals surface area contributed by atoms with E-state index in [-0.39, 0.29) is 6.61 Å². The van der Waals surface area contributed by atoms with E-state index >= 15 is 0 Å². The number of aliphatic hydroxyl groups is 1. The minimum atomic E-state index is -1.20. The summed E-state index contributed by atoms with van der Waals surface area (Å²) >= 11 is 1.70. The topological polar surface area (TPSA) is 126 Å². The van der Waals surface area contributed by atoms with Crippen molar-refractivity contribution in [1.82, 2.24) is 5.32 Å². The molecule has 1 heterocycles. The Kier molecular flexibility index (Phi) is 9.86. The normalized spacial score (nSPS) is 24.5. The second-order valence-electron chi connectivity index (χ2n) is 7.54. The molecule has 0 spiro atoms. The van der Waals surface area contributed by atoms with Crippen LogP contribution in [0, 0.1) is 0 Å². The van der Waals surface area contributed by atoms with Gasteiger partial charge in [-0.25, -0.2) is 4.79 Å². The average Bonchev–Trinajstić information content (AvgIpc) is 2.84. The lowest BCUT2D eigenvalue weighted by Crippen LogP contribution is -2.62. The minimum absolute atomic E-state index is 0.0941. The van der Waals surface area contributed by atoms with Gasteiger partial charge in [0, 0.05) is 16.4 Å². The van der Waals surface area contributed by atoms with Crippen molar-refractivity contribution in [3.05, 3.63) is 82.2 Å². The third-order valence-corrected chi connectivity index (χ3v) is 6.15. The number of aliphatic hydroxyl groups excluding tert-OH is 1. The lowest BCUT2D eigenvalue weighted by Gasteiger charge is -2.41. The maximum absolute atomic E-state index is 12.2. The van der Waals surface area contributed by atoms with E-state index in [9.17, 15) is 9.90 Å². The molecule has 1 saturated heterocycles. The Balaban J connectivity index is 1.48. The third-order valence-electron chi connectivity index (χ3n) is 5.15. The number of hydrogen-bond donors (Lipinski definition) is 2. The monoisotopic (exact) mass is 472 g/mol. The van der Waals surface area contributed by atoms with Crippen LogP contribution in [-0.2, 0) is 26.6 Å². The zero-order chi connectivity index (χ0) is 23.5. The quantitative estimate of drug-likeness (QED) is 0.233. The number of amides is 1. The fourth-order valence-corrected chi connectivity index (χ4v) is 4.23. The van der Waals surface area contributed by atoms with Crippen molar-refractivity contribution < 1.29 is 24.1 Å². The molecule has 5 atom stereocenters. The Bertz CT molecular complexity index is 914. The Morgan fingerprint density at radius 2 is 1.85 bits per heavy atom. The van der Waals surface area contributed by atoms with Crippen LogP contribution in [0.1, 0.15) is 18.1 Å². The van der Waals surface area contributed by atoms with E-state index in [0.717, 1.165) is 11.3 Å². The molecule has 10 heteroatoms. The fourth-order valence-electron chi connectivity index (χ4n) is 3.44. The minimum Gasteiger partial charge on any atom is -0.445 e. The number of nitrogens with zero attached hydrogens (tertiary/aromatic N) is 3. The Labute approximate surface area is 197 Å². The molecule has 1 aliphatic heterocycles. The molecule has 1 fully saturated rings. The van der Waals surface area contributed by atoms with Gasteiger partial charge in [-0.1, -0.05) is 65.8 Å². The first kappa shape index (κ1) is 24.9. The van der Waals surface area contributed by atoms with Gasteiger partial charge >= 0.3 is 6.09 Å². The first-order chi connectivity index (χ1) is 16.1. The van der Waals surface area contributed by atoms with Gasteiger partial charge in [0.2, 0.25) is 0 Å². The van der Waals surface area contributed by atoms with Gasteiger partial charge < -0.3 is 24.6 Å². The van der Waals surface area contributed by atoms with Gasteiger partial charge in [0.05, 0.1) is 24.9 Å². The van der Waals surface area contributed by atoms with Crippen LogP contribution in [-0.4, -0.2) is 54.1 Å². The first-order valence-electron chi connectivity index (χ1n) is 10.7. The highest BCUT2D eigenvalue weighted by Gasteiger charge is 2.44. The van der Waals surface area contributed by atoms with Crippen molar-refractivity contribution in [1.29, 1.82) is 0 Å². The van der Waals surface area contributed by atoms with Gasteiger partial charge in [-0.05, 0) is 23.6 Å². The summed E-state index contributed by atoms with van der Waals surface area (Å²) in [5.41, 5.74) is 11.0. The molecule has 33 heavy (non-hydrogen) atoms. The summed E-state index contributed by atoms with van der Waals surface area (Å²) in [7, 11) is 0. The molecule has 0 bridgehead atoms. The lowest BCUT2D eigenvalue weighted by molar-refractivity contribution is -0.227. The Morgan fingerprint density at radius 3 is 2.52 bits per heavy atom. The van der Waals surface area contributed by atoms with Gasteiger partial charge in [0.1, 0.15) is 12.6 Å². The number of carbonyl (C=O) groups is 1. The highest BCUT2D eigenvalue weighted by Crippen LogP contribution is 2.25. The molecule has 0 saturated carbocycles. The van der Waals surface area contributed by atoms with E-state index in [4.69, 9.17) is 19.7 Å². The van der Waals surface area contributed by atoms with Crippen molar-refractivity contribution in [2.75, 3.05) is 12.4 Å². The van der Waals surface area contributed by atoms with Crippen molar-refractivity contribution >= 4 is 17.9 Å². The highest BCUT2D eigenvalue weighted by atomic mass is 32.2. The molecule has 2 N–H and O–H groups in total. The van der Waals surface area contributed by atoms with E-state index in [1.807, 2.05) is 48.5 Å². The van der Waals surface area contributed by atoms with E-state index in [1.165, 1.54) is 5.56 Å². The lowest BCUT2D eigenvalue weighted by atomic mass is 9.95. The number of azide groups is 1. The summed E-state index contributed by atoms with van der Waals surface area (Å²) in [6, 6.07) is 17.5. The number of rotatable bonds is 10. The summed E-state index contributed by atoms with van der Waals surface area (Å²) in [6.45, 7) is 2.16.